The van der Waals surface area contributed by atoms with Crippen molar-refractivity contribution in [3.63, 3.8) is 0 Å². The molecule has 0 unspecified atom stereocenters. The van der Waals surface area contributed by atoms with Gasteiger partial charge in [-0.05, 0) is 29.0 Å². The van der Waals surface area contributed by atoms with E-state index in [1.807, 2.05) is 36.4 Å². The minimum atomic E-state index is -0.709. The van der Waals surface area contributed by atoms with Crippen molar-refractivity contribution in [2.45, 2.75) is 0 Å². The van der Waals surface area contributed by atoms with Crippen LogP contribution >= 0.6 is 23.2 Å². The Bertz CT molecular complexity index is 960. The van der Waals surface area contributed by atoms with E-state index < -0.39 is 18.5 Å². The Labute approximate surface area is 153 Å². The number of anilines is 1. The van der Waals surface area contributed by atoms with Crippen LogP contribution in [0.1, 0.15) is 10.4 Å². The smallest absolute Gasteiger partial charge is 0.340 e. The Morgan fingerprint density at radius 2 is 1.80 bits per heavy atom. The number of rotatable bonds is 4. The van der Waals surface area contributed by atoms with Crippen molar-refractivity contribution in [2.24, 2.45) is 0 Å². The lowest BCUT2D eigenvalue weighted by molar-refractivity contribution is -0.119. The van der Waals surface area contributed by atoms with E-state index in [0.29, 0.717) is 5.69 Å². The van der Waals surface area contributed by atoms with Crippen LogP contribution in [0.2, 0.25) is 10.2 Å². The average Bonchev–Trinajstić information content (AvgIpc) is 2.62. The van der Waals surface area contributed by atoms with Crippen LogP contribution in [0.3, 0.4) is 0 Å². The van der Waals surface area contributed by atoms with Gasteiger partial charge in [0, 0.05) is 11.9 Å². The van der Waals surface area contributed by atoms with Crippen LogP contribution in [0.15, 0.2) is 54.7 Å². The Kier molecular flexibility index (Phi) is 5.16. The van der Waals surface area contributed by atoms with Crippen molar-refractivity contribution in [1.29, 1.82) is 0 Å². The Morgan fingerprint density at radius 3 is 2.56 bits per heavy atom. The number of hydrogen-bond donors (Lipinski definition) is 1. The van der Waals surface area contributed by atoms with Crippen LogP contribution in [0.5, 0.6) is 0 Å². The van der Waals surface area contributed by atoms with E-state index in [0.717, 1.165) is 10.8 Å². The van der Waals surface area contributed by atoms with Crippen molar-refractivity contribution in [3.8, 4) is 0 Å². The molecule has 0 aliphatic carbocycles. The zero-order chi connectivity index (χ0) is 17.8. The molecule has 0 fully saturated rings. The number of hydrogen-bond acceptors (Lipinski definition) is 4. The Morgan fingerprint density at radius 1 is 1.04 bits per heavy atom. The van der Waals surface area contributed by atoms with Gasteiger partial charge in [-0.2, -0.15) is 0 Å². The number of carbonyl (C=O) groups is 2. The molecule has 0 bridgehead atoms. The molecular formula is C18H12Cl2N2O3. The third-order valence-electron chi connectivity index (χ3n) is 3.40. The topological polar surface area (TPSA) is 68.3 Å². The third-order valence-corrected chi connectivity index (χ3v) is 4.09. The fraction of sp³-hybridized carbons (Fsp3) is 0.0556. The number of halogens is 2. The van der Waals surface area contributed by atoms with Crippen molar-refractivity contribution in [1.82, 2.24) is 4.98 Å². The molecule has 0 atom stereocenters. The maximum Gasteiger partial charge on any atom is 0.340 e. The Hall–Kier alpha value is -2.63. The molecule has 3 aromatic rings. The first-order valence-corrected chi connectivity index (χ1v) is 8.05. The number of nitrogens with zero attached hydrogens (tertiary/aromatic N) is 1. The highest BCUT2D eigenvalue weighted by Crippen LogP contribution is 2.20. The van der Waals surface area contributed by atoms with Crippen molar-refractivity contribution in [2.75, 3.05) is 11.9 Å². The fourth-order valence-electron chi connectivity index (χ4n) is 2.21. The average molecular weight is 375 g/mol. The molecule has 2 aromatic carbocycles. The van der Waals surface area contributed by atoms with E-state index >= 15 is 0 Å². The molecule has 5 nitrogen and oxygen atoms in total. The van der Waals surface area contributed by atoms with Gasteiger partial charge in [0.25, 0.3) is 5.91 Å². The van der Waals surface area contributed by atoms with Gasteiger partial charge in [0.1, 0.15) is 5.15 Å². The molecule has 0 aliphatic heterocycles. The number of pyridine rings is 1. The second-order valence-corrected chi connectivity index (χ2v) is 5.95. The Balaban J connectivity index is 1.59. The number of aromatic nitrogens is 1. The van der Waals surface area contributed by atoms with Crippen LogP contribution < -0.4 is 5.32 Å². The summed E-state index contributed by atoms with van der Waals surface area (Å²) in [5.41, 5.74) is 0.740. The summed E-state index contributed by atoms with van der Waals surface area (Å²) in [6.07, 6.45) is 1.23. The molecule has 0 saturated heterocycles. The van der Waals surface area contributed by atoms with Gasteiger partial charge in [-0.1, -0.05) is 53.5 Å². The van der Waals surface area contributed by atoms with E-state index in [1.54, 1.807) is 6.07 Å². The van der Waals surface area contributed by atoms with Gasteiger partial charge in [0.05, 0.1) is 10.6 Å². The molecule has 0 aliphatic rings. The quantitative estimate of drug-likeness (QED) is 0.544. The minimum Gasteiger partial charge on any atom is -0.452 e. The van der Waals surface area contributed by atoms with Gasteiger partial charge in [-0.3, -0.25) is 4.79 Å². The lowest BCUT2D eigenvalue weighted by Gasteiger charge is -2.08. The highest BCUT2D eigenvalue weighted by atomic mass is 35.5. The number of carbonyl (C=O) groups excluding carboxylic acids is 2. The molecule has 1 heterocycles. The molecule has 126 valence electrons. The summed E-state index contributed by atoms with van der Waals surface area (Å²) < 4.78 is 4.95. The SMILES string of the molecule is O=C(COC(=O)c1cnc(Cl)c(Cl)c1)Nc1ccc2ccccc2c1. The third kappa shape index (κ3) is 4.26. The molecule has 0 saturated carbocycles. The summed E-state index contributed by atoms with van der Waals surface area (Å²) in [6.45, 7) is -0.425. The molecule has 7 heteroatoms. The zero-order valence-electron chi connectivity index (χ0n) is 12.8. The van der Waals surface area contributed by atoms with E-state index in [1.165, 1.54) is 12.3 Å². The number of benzene rings is 2. The second-order valence-electron chi connectivity index (χ2n) is 5.18. The van der Waals surface area contributed by atoms with Gasteiger partial charge < -0.3 is 10.1 Å². The molecule has 0 radical (unpaired) electrons. The summed E-state index contributed by atoms with van der Waals surface area (Å²) in [5.74, 6) is -1.16. The number of esters is 1. The fourth-order valence-corrected chi connectivity index (χ4v) is 2.48. The molecule has 25 heavy (non-hydrogen) atoms. The standard InChI is InChI=1S/C18H12Cl2N2O3/c19-15-8-13(9-21-17(15)20)18(24)25-10-16(23)22-14-6-5-11-3-1-2-4-12(11)7-14/h1-9H,10H2,(H,22,23). The highest BCUT2D eigenvalue weighted by molar-refractivity contribution is 6.41. The van der Waals surface area contributed by atoms with Crippen LogP contribution in [0.25, 0.3) is 10.8 Å². The molecule has 1 amide bonds. The maximum atomic E-state index is 12.0. The first kappa shape index (κ1) is 17.2. The van der Waals surface area contributed by atoms with E-state index in [4.69, 9.17) is 27.9 Å². The largest absolute Gasteiger partial charge is 0.452 e. The molecule has 3 rings (SSSR count). The first-order valence-electron chi connectivity index (χ1n) is 7.30. The van der Waals surface area contributed by atoms with Gasteiger partial charge in [-0.15, -0.1) is 0 Å². The summed E-state index contributed by atoms with van der Waals surface area (Å²) >= 11 is 11.5. The lowest BCUT2D eigenvalue weighted by atomic mass is 10.1. The van der Waals surface area contributed by atoms with Gasteiger partial charge in [-0.25, -0.2) is 9.78 Å². The normalized spacial score (nSPS) is 10.5. The van der Waals surface area contributed by atoms with Gasteiger partial charge in [0.15, 0.2) is 6.61 Å². The predicted octanol–water partition coefficient (Wildman–Crippen LogP) is 4.34. The van der Waals surface area contributed by atoms with Crippen LogP contribution in [0, 0.1) is 0 Å². The van der Waals surface area contributed by atoms with E-state index in [-0.39, 0.29) is 15.7 Å². The number of fused-ring (bicyclic) bond motifs is 1. The van der Waals surface area contributed by atoms with Crippen LogP contribution in [-0.4, -0.2) is 23.5 Å². The predicted molar refractivity (Wildman–Crippen MR) is 97.1 cm³/mol. The van der Waals surface area contributed by atoms with Gasteiger partial charge >= 0.3 is 5.97 Å². The molecule has 1 aromatic heterocycles. The maximum absolute atomic E-state index is 12.0. The molecular weight excluding hydrogens is 363 g/mol. The van der Waals surface area contributed by atoms with Crippen LogP contribution in [0.4, 0.5) is 5.69 Å². The molecule has 0 spiro atoms. The van der Waals surface area contributed by atoms with Crippen LogP contribution in [-0.2, 0) is 9.53 Å². The zero-order valence-corrected chi connectivity index (χ0v) is 14.3. The van der Waals surface area contributed by atoms with Crippen molar-refractivity contribution in [3.05, 3.63) is 70.5 Å². The van der Waals surface area contributed by atoms with E-state index in [9.17, 15) is 9.59 Å². The summed E-state index contributed by atoms with van der Waals surface area (Å²) in [6, 6.07) is 14.6. The van der Waals surface area contributed by atoms with Crippen molar-refractivity contribution >= 4 is 51.5 Å². The van der Waals surface area contributed by atoms with Crippen molar-refractivity contribution < 1.29 is 14.3 Å². The molecule has 1 N–H and O–H groups in total. The number of nitrogens with one attached hydrogen (secondary N) is 1. The van der Waals surface area contributed by atoms with Gasteiger partial charge in [0.2, 0.25) is 0 Å². The minimum absolute atomic E-state index is 0.0901. The summed E-state index contributed by atoms with van der Waals surface area (Å²) in [4.78, 5) is 27.6. The summed E-state index contributed by atoms with van der Waals surface area (Å²) in [7, 11) is 0. The monoisotopic (exact) mass is 374 g/mol. The number of ether oxygens (including phenoxy) is 1. The first-order chi connectivity index (χ1) is 12.0. The summed E-state index contributed by atoms with van der Waals surface area (Å²) in [5, 5.41) is 4.98. The lowest BCUT2D eigenvalue weighted by Crippen LogP contribution is -2.21. The highest BCUT2D eigenvalue weighted by Gasteiger charge is 2.13. The second kappa shape index (κ2) is 7.51. The van der Waals surface area contributed by atoms with E-state index in [2.05, 4.69) is 10.3 Å². The number of amides is 1.